The predicted octanol–water partition coefficient (Wildman–Crippen LogP) is 3.02. The molecule has 1 N–H and O–H groups in total. The fraction of sp³-hybridized carbons (Fsp3) is 1.00. The highest BCUT2D eigenvalue weighted by Crippen LogP contribution is 2.12. The maximum Gasteiger partial charge on any atom is 0.264 e. The van der Waals surface area contributed by atoms with Crippen molar-refractivity contribution in [2.45, 2.75) is 52.4 Å². The quantitative estimate of drug-likeness (QED) is 0.0826. The first-order chi connectivity index (χ1) is 20.0. The van der Waals surface area contributed by atoms with Crippen molar-refractivity contribution in [3.05, 3.63) is 0 Å². The first-order valence-corrected chi connectivity index (χ1v) is 16.7. The van der Waals surface area contributed by atoms with Crippen LogP contribution in [0, 0.1) is 5.92 Å². The van der Waals surface area contributed by atoms with E-state index in [1.54, 1.807) is 0 Å². The molecule has 0 aliphatic rings. The highest BCUT2D eigenvalue weighted by atomic mass is 32.2. The summed E-state index contributed by atoms with van der Waals surface area (Å²) in [5, 5.41) is 0. The van der Waals surface area contributed by atoms with Crippen molar-refractivity contribution in [2.75, 3.05) is 125 Å². The van der Waals surface area contributed by atoms with Crippen molar-refractivity contribution in [2.24, 2.45) is 5.92 Å². The van der Waals surface area contributed by atoms with Crippen LogP contribution in [0.5, 0.6) is 0 Å². The van der Waals surface area contributed by atoms with Gasteiger partial charge in [0.2, 0.25) is 0 Å². The molecule has 0 aromatic heterocycles. The van der Waals surface area contributed by atoms with E-state index >= 15 is 0 Å². The molecule has 0 saturated heterocycles. The molecule has 0 fully saturated rings. The van der Waals surface area contributed by atoms with Crippen LogP contribution in [0.25, 0.3) is 0 Å². The summed E-state index contributed by atoms with van der Waals surface area (Å²) in [5.41, 5.74) is 0. The van der Waals surface area contributed by atoms with E-state index in [4.69, 9.17) is 47.2 Å². The molecule has 248 valence electrons. The van der Waals surface area contributed by atoms with E-state index in [0.29, 0.717) is 131 Å². The Kier molecular flexibility index (Phi) is 32.1. The lowest BCUT2D eigenvalue weighted by molar-refractivity contribution is -0.0257. The van der Waals surface area contributed by atoms with E-state index in [2.05, 4.69) is 13.8 Å². The van der Waals surface area contributed by atoms with Gasteiger partial charge in [0.25, 0.3) is 10.1 Å². The lowest BCUT2D eigenvalue weighted by Gasteiger charge is -2.14. The average Bonchev–Trinajstić information content (AvgIpc) is 2.95. The lowest BCUT2D eigenvalue weighted by Crippen LogP contribution is -2.15. The zero-order chi connectivity index (χ0) is 30.1. The van der Waals surface area contributed by atoms with Crippen molar-refractivity contribution < 1.29 is 55.6 Å². The van der Waals surface area contributed by atoms with E-state index in [-0.39, 0.29) is 5.75 Å². The Morgan fingerprint density at radius 1 is 0.488 bits per heavy atom. The normalized spacial score (nSPS) is 12.8. The van der Waals surface area contributed by atoms with Gasteiger partial charge in [-0.3, -0.25) is 4.55 Å². The Balaban J connectivity index is 3.12. The number of unbranched alkanes of at least 4 members (excludes halogenated alkanes) is 2. The molecular formula is C28H58O12S. The van der Waals surface area contributed by atoms with Crippen molar-refractivity contribution in [1.82, 2.24) is 0 Å². The second-order valence-electron chi connectivity index (χ2n) is 9.38. The second-order valence-corrected chi connectivity index (χ2v) is 11.0. The first kappa shape index (κ1) is 40.5. The lowest BCUT2D eigenvalue weighted by atomic mass is 10.0. The summed E-state index contributed by atoms with van der Waals surface area (Å²) in [6, 6.07) is 0. The summed E-state index contributed by atoms with van der Waals surface area (Å²) >= 11 is 0. The Labute approximate surface area is 248 Å². The summed E-state index contributed by atoms with van der Waals surface area (Å²) in [7, 11) is -3.88. The summed E-state index contributed by atoms with van der Waals surface area (Å²) in [4.78, 5) is 0. The zero-order valence-corrected chi connectivity index (χ0v) is 26.4. The molecule has 13 heteroatoms. The molecule has 1 unspecified atom stereocenters. The molecule has 0 spiro atoms. The van der Waals surface area contributed by atoms with Gasteiger partial charge in [-0.15, -0.1) is 0 Å². The van der Waals surface area contributed by atoms with Gasteiger partial charge in [0, 0.05) is 13.2 Å². The maximum atomic E-state index is 10.6. The second kappa shape index (κ2) is 32.5. The number of ether oxygens (including phenoxy) is 9. The fourth-order valence-electron chi connectivity index (χ4n) is 3.40. The van der Waals surface area contributed by atoms with Crippen LogP contribution in [0.4, 0.5) is 0 Å². The molecule has 0 saturated carbocycles. The van der Waals surface area contributed by atoms with Gasteiger partial charge in [-0.2, -0.15) is 8.42 Å². The summed E-state index contributed by atoms with van der Waals surface area (Å²) in [5.74, 6) is 0.426. The van der Waals surface area contributed by atoms with Crippen LogP contribution in [-0.2, 0) is 52.7 Å². The van der Waals surface area contributed by atoms with E-state index in [9.17, 15) is 8.42 Å². The summed E-state index contributed by atoms with van der Waals surface area (Å²) in [6.45, 7) is 13.9. The van der Waals surface area contributed by atoms with Crippen LogP contribution in [0.1, 0.15) is 52.4 Å². The minimum Gasteiger partial charge on any atom is -0.379 e. The van der Waals surface area contributed by atoms with Crippen molar-refractivity contribution >= 4 is 10.1 Å². The maximum absolute atomic E-state index is 10.6. The summed E-state index contributed by atoms with van der Waals surface area (Å²) in [6.07, 6.45) is 5.87. The summed E-state index contributed by atoms with van der Waals surface area (Å²) < 4.78 is 79.0. The van der Waals surface area contributed by atoms with Crippen LogP contribution < -0.4 is 0 Å². The van der Waals surface area contributed by atoms with Gasteiger partial charge >= 0.3 is 0 Å². The average molecular weight is 619 g/mol. The van der Waals surface area contributed by atoms with Gasteiger partial charge in [0.15, 0.2) is 0 Å². The number of rotatable bonds is 35. The first-order valence-electron chi connectivity index (χ1n) is 15.1. The minimum absolute atomic E-state index is 0.236. The van der Waals surface area contributed by atoms with Crippen LogP contribution in [0.3, 0.4) is 0 Å². The van der Waals surface area contributed by atoms with Crippen molar-refractivity contribution in [1.29, 1.82) is 0 Å². The largest absolute Gasteiger partial charge is 0.379 e. The van der Waals surface area contributed by atoms with Crippen LogP contribution in [-0.4, -0.2) is 138 Å². The van der Waals surface area contributed by atoms with Gasteiger partial charge in [0.05, 0.1) is 111 Å². The highest BCUT2D eigenvalue weighted by Gasteiger charge is 2.05. The van der Waals surface area contributed by atoms with Gasteiger partial charge in [-0.25, -0.2) is 0 Å². The molecule has 0 radical (unpaired) electrons. The molecule has 0 heterocycles. The van der Waals surface area contributed by atoms with Gasteiger partial charge in [-0.05, 0) is 25.2 Å². The van der Waals surface area contributed by atoms with Crippen LogP contribution in [0.15, 0.2) is 0 Å². The smallest absolute Gasteiger partial charge is 0.264 e. The van der Waals surface area contributed by atoms with Gasteiger partial charge in [-0.1, -0.05) is 33.1 Å². The SMILES string of the molecule is CCCCC(CC)COCCOCCOCCOCCOCCOCCOCCOCCOCCCCS(=O)(=O)O. The Morgan fingerprint density at radius 3 is 1.15 bits per heavy atom. The molecular weight excluding hydrogens is 560 g/mol. The van der Waals surface area contributed by atoms with Crippen molar-refractivity contribution in [3.63, 3.8) is 0 Å². The van der Waals surface area contributed by atoms with Gasteiger partial charge in [0.1, 0.15) is 0 Å². The Hall–Kier alpha value is -0.450. The Bertz CT molecular complexity index is 609. The highest BCUT2D eigenvalue weighted by molar-refractivity contribution is 7.85. The monoisotopic (exact) mass is 618 g/mol. The molecule has 0 amide bonds. The standard InChI is InChI=1S/C28H58O12S/c1-3-5-8-28(4-2)27-40-25-24-39-23-22-38-21-20-37-19-18-36-17-16-35-15-14-34-13-12-33-11-10-32-9-6-7-26-41(29,30)31/h28H,3-27H2,1-2H3,(H,29,30,31). The van der Waals surface area contributed by atoms with E-state index < -0.39 is 10.1 Å². The van der Waals surface area contributed by atoms with E-state index in [1.165, 1.54) is 25.7 Å². The molecule has 41 heavy (non-hydrogen) atoms. The molecule has 0 bridgehead atoms. The van der Waals surface area contributed by atoms with Gasteiger partial charge < -0.3 is 42.6 Å². The minimum atomic E-state index is -3.88. The zero-order valence-electron chi connectivity index (χ0n) is 25.6. The van der Waals surface area contributed by atoms with Crippen molar-refractivity contribution in [3.8, 4) is 0 Å². The third-order valence-electron chi connectivity index (χ3n) is 5.81. The third kappa shape index (κ3) is 35.7. The van der Waals surface area contributed by atoms with Crippen LogP contribution in [0.2, 0.25) is 0 Å². The molecule has 1 atom stereocenters. The molecule has 12 nitrogen and oxygen atoms in total. The van der Waals surface area contributed by atoms with Crippen LogP contribution >= 0.6 is 0 Å². The molecule has 0 aliphatic heterocycles. The number of hydrogen-bond acceptors (Lipinski definition) is 11. The van der Waals surface area contributed by atoms with E-state index in [0.717, 1.165) is 6.61 Å². The third-order valence-corrected chi connectivity index (χ3v) is 6.62. The fourth-order valence-corrected chi connectivity index (χ4v) is 3.96. The molecule has 0 rings (SSSR count). The Morgan fingerprint density at radius 2 is 0.829 bits per heavy atom. The molecule has 0 aromatic rings. The number of hydrogen-bond donors (Lipinski definition) is 1. The predicted molar refractivity (Wildman–Crippen MR) is 156 cm³/mol. The molecule has 0 aromatic carbocycles. The topological polar surface area (TPSA) is 137 Å². The van der Waals surface area contributed by atoms with E-state index in [1.807, 2.05) is 0 Å². The molecule has 0 aliphatic carbocycles.